The Balaban J connectivity index is 0.000000671. The van der Waals surface area contributed by atoms with Gasteiger partial charge in [0.15, 0.2) is 0 Å². The van der Waals surface area contributed by atoms with Gasteiger partial charge in [-0.2, -0.15) is 0 Å². The number of likely N-dealkylation sites (tertiary alicyclic amines) is 1. The zero-order chi connectivity index (χ0) is 10.3. The van der Waals surface area contributed by atoms with Gasteiger partial charge in [-0.15, -0.1) is 0 Å². The molecule has 0 saturated carbocycles. The van der Waals surface area contributed by atoms with E-state index >= 15 is 0 Å². The monoisotopic (exact) mass is 185 g/mol. The summed E-state index contributed by atoms with van der Waals surface area (Å²) in [6.07, 6.45) is 5.68. The molecular formula is C12H27N. The van der Waals surface area contributed by atoms with Crippen LogP contribution in [0.1, 0.15) is 60.3 Å². The zero-order valence-corrected chi connectivity index (χ0v) is 10.1. The highest BCUT2D eigenvalue weighted by Crippen LogP contribution is 2.18. The van der Waals surface area contributed by atoms with E-state index in [9.17, 15) is 0 Å². The van der Waals surface area contributed by atoms with Crippen molar-refractivity contribution in [3.63, 3.8) is 0 Å². The molecule has 0 aromatic rings. The lowest BCUT2D eigenvalue weighted by Crippen LogP contribution is -2.38. The van der Waals surface area contributed by atoms with Crippen LogP contribution in [0.15, 0.2) is 0 Å². The molecule has 0 amide bonds. The van der Waals surface area contributed by atoms with E-state index in [-0.39, 0.29) is 0 Å². The fourth-order valence-corrected chi connectivity index (χ4v) is 2.06. The lowest BCUT2D eigenvalue weighted by Gasteiger charge is -2.30. The molecule has 0 spiro atoms. The second-order valence-corrected chi connectivity index (χ2v) is 4.03. The van der Waals surface area contributed by atoms with Crippen LogP contribution in [0.5, 0.6) is 0 Å². The maximum absolute atomic E-state index is 2.63. The highest BCUT2D eigenvalue weighted by atomic mass is 15.2. The molecule has 80 valence electrons. The summed E-state index contributed by atoms with van der Waals surface area (Å²) in [6, 6.07) is 1.56. The zero-order valence-electron chi connectivity index (χ0n) is 10.1. The van der Waals surface area contributed by atoms with E-state index in [0.29, 0.717) is 0 Å². The molecule has 13 heavy (non-hydrogen) atoms. The summed E-state index contributed by atoms with van der Waals surface area (Å²) in [6.45, 7) is 12.3. The Hall–Kier alpha value is -0.0400. The van der Waals surface area contributed by atoms with E-state index in [1.54, 1.807) is 0 Å². The Morgan fingerprint density at radius 3 is 2.23 bits per heavy atom. The van der Waals surface area contributed by atoms with Crippen LogP contribution >= 0.6 is 0 Å². The van der Waals surface area contributed by atoms with Gasteiger partial charge in [0.05, 0.1) is 0 Å². The Labute approximate surface area is 84.5 Å². The average molecular weight is 185 g/mol. The fourth-order valence-electron chi connectivity index (χ4n) is 2.06. The van der Waals surface area contributed by atoms with E-state index < -0.39 is 0 Å². The second kappa shape index (κ2) is 7.37. The van der Waals surface area contributed by atoms with Crippen molar-refractivity contribution in [3.8, 4) is 0 Å². The molecule has 0 radical (unpaired) electrons. The predicted octanol–water partition coefficient (Wildman–Crippen LogP) is 3.69. The third-order valence-corrected chi connectivity index (χ3v) is 2.77. The first-order chi connectivity index (χ1) is 6.22. The molecule has 0 aromatic carbocycles. The Kier molecular flexibility index (Phi) is 7.35. The average Bonchev–Trinajstić information content (AvgIpc) is 2.33. The summed E-state index contributed by atoms with van der Waals surface area (Å²) < 4.78 is 0. The predicted molar refractivity (Wildman–Crippen MR) is 61.1 cm³/mol. The highest BCUT2D eigenvalue weighted by Gasteiger charge is 2.18. The van der Waals surface area contributed by atoms with Crippen molar-refractivity contribution in [2.24, 2.45) is 0 Å². The first-order valence-electron chi connectivity index (χ1n) is 5.97. The minimum atomic E-state index is 0.739. The van der Waals surface area contributed by atoms with Crippen molar-refractivity contribution in [1.29, 1.82) is 0 Å². The Bertz CT molecular complexity index is 110. The number of hydrogen-bond donors (Lipinski definition) is 0. The van der Waals surface area contributed by atoms with Crippen LogP contribution in [-0.4, -0.2) is 23.5 Å². The van der Waals surface area contributed by atoms with Crippen LogP contribution in [0.3, 0.4) is 0 Å². The molecule has 1 unspecified atom stereocenters. The highest BCUT2D eigenvalue weighted by molar-refractivity contribution is 4.73. The van der Waals surface area contributed by atoms with Crippen molar-refractivity contribution >= 4 is 0 Å². The van der Waals surface area contributed by atoms with Gasteiger partial charge in [0, 0.05) is 12.1 Å². The van der Waals surface area contributed by atoms with Gasteiger partial charge in [-0.25, -0.2) is 0 Å². The van der Waals surface area contributed by atoms with E-state index in [4.69, 9.17) is 0 Å². The lowest BCUT2D eigenvalue weighted by molar-refractivity contribution is 0.168. The van der Waals surface area contributed by atoms with Crippen LogP contribution < -0.4 is 0 Å². The molecular weight excluding hydrogens is 158 g/mol. The van der Waals surface area contributed by atoms with E-state index in [1.807, 2.05) is 13.8 Å². The molecule has 0 aliphatic carbocycles. The van der Waals surface area contributed by atoms with Gasteiger partial charge in [0.25, 0.3) is 0 Å². The van der Waals surface area contributed by atoms with Crippen LogP contribution in [0.2, 0.25) is 0 Å². The van der Waals surface area contributed by atoms with Crippen molar-refractivity contribution < 1.29 is 0 Å². The van der Waals surface area contributed by atoms with Gasteiger partial charge in [-0.1, -0.05) is 26.7 Å². The third-order valence-electron chi connectivity index (χ3n) is 2.77. The van der Waals surface area contributed by atoms with Crippen molar-refractivity contribution in [3.05, 3.63) is 0 Å². The van der Waals surface area contributed by atoms with Gasteiger partial charge >= 0.3 is 0 Å². The Morgan fingerprint density at radius 2 is 1.69 bits per heavy atom. The first kappa shape index (κ1) is 13.0. The van der Waals surface area contributed by atoms with Crippen LogP contribution in [0.4, 0.5) is 0 Å². The normalized spacial score (nSPS) is 24.9. The summed E-state index contributed by atoms with van der Waals surface area (Å²) in [7, 11) is 0. The fraction of sp³-hybridized carbons (Fsp3) is 1.00. The van der Waals surface area contributed by atoms with Crippen molar-refractivity contribution in [1.82, 2.24) is 4.90 Å². The van der Waals surface area contributed by atoms with Crippen molar-refractivity contribution in [2.75, 3.05) is 6.54 Å². The van der Waals surface area contributed by atoms with Gasteiger partial charge in [0.2, 0.25) is 0 Å². The minimum absolute atomic E-state index is 0.739. The number of nitrogens with zero attached hydrogens (tertiary/aromatic N) is 1. The lowest BCUT2D eigenvalue weighted by atomic mass is 10.1. The number of rotatable bonds is 1. The van der Waals surface area contributed by atoms with E-state index in [2.05, 4.69) is 25.7 Å². The second-order valence-electron chi connectivity index (χ2n) is 4.03. The van der Waals surface area contributed by atoms with Crippen LogP contribution in [-0.2, 0) is 0 Å². The van der Waals surface area contributed by atoms with Gasteiger partial charge in [0.1, 0.15) is 0 Å². The minimum Gasteiger partial charge on any atom is -0.298 e. The van der Waals surface area contributed by atoms with Gasteiger partial charge in [-0.05, 0) is 40.2 Å². The Morgan fingerprint density at radius 1 is 1.08 bits per heavy atom. The molecule has 1 nitrogen and oxygen atoms in total. The standard InChI is InChI=1S/C10H21N.C2H6/c1-9(2)11-8-6-4-5-7-10(11)3;1-2/h9-10H,4-8H2,1-3H3;1-2H3. The first-order valence-corrected chi connectivity index (χ1v) is 5.97. The molecule has 1 aliphatic rings. The maximum atomic E-state index is 2.63. The van der Waals surface area contributed by atoms with Gasteiger partial charge < -0.3 is 0 Å². The van der Waals surface area contributed by atoms with E-state index in [1.165, 1.54) is 32.2 Å². The number of hydrogen-bond acceptors (Lipinski definition) is 1. The summed E-state index contributed by atoms with van der Waals surface area (Å²) in [5.41, 5.74) is 0. The molecule has 1 heterocycles. The summed E-state index contributed by atoms with van der Waals surface area (Å²) >= 11 is 0. The molecule has 1 heteroatoms. The molecule has 0 aromatic heterocycles. The summed E-state index contributed by atoms with van der Waals surface area (Å²) in [5.74, 6) is 0. The molecule has 1 fully saturated rings. The largest absolute Gasteiger partial charge is 0.298 e. The molecule has 1 rings (SSSR count). The topological polar surface area (TPSA) is 3.24 Å². The molecule has 1 saturated heterocycles. The van der Waals surface area contributed by atoms with Crippen LogP contribution in [0.25, 0.3) is 0 Å². The van der Waals surface area contributed by atoms with Gasteiger partial charge in [-0.3, -0.25) is 4.90 Å². The SMILES string of the molecule is CC.CC(C)N1CCCCCC1C. The molecule has 0 N–H and O–H groups in total. The molecule has 1 atom stereocenters. The summed E-state index contributed by atoms with van der Waals surface area (Å²) in [4.78, 5) is 2.63. The smallest absolute Gasteiger partial charge is 0.00696 e. The maximum Gasteiger partial charge on any atom is 0.00696 e. The van der Waals surface area contributed by atoms with Crippen molar-refractivity contribution in [2.45, 2.75) is 72.4 Å². The molecule has 0 bridgehead atoms. The van der Waals surface area contributed by atoms with E-state index in [0.717, 1.165) is 12.1 Å². The third kappa shape index (κ3) is 4.66. The molecule has 1 aliphatic heterocycles. The van der Waals surface area contributed by atoms with Crippen LogP contribution in [0, 0.1) is 0 Å². The quantitative estimate of drug-likeness (QED) is 0.602. The summed E-state index contributed by atoms with van der Waals surface area (Å²) in [5, 5.41) is 0.